The van der Waals surface area contributed by atoms with Crippen molar-refractivity contribution < 1.29 is 17.9 Å². The predicted octanol–water partition coefficient (Wildman–Crippen LogP) is 2.97. The van der Waals surface area contributed by atoms with E-state index in [0.717, 1.165) is 5.69 Å². The lowest BCUT2D eigenvalue weighted by Gasteiger charge is -2.13. The van der Waals surface area contributed by atoms with Crippen molar-refractivity contribution in [1.29, 1.82) is 0 Å². The van der Waals surface area contributed by atoms with Crippen molar-refractivity contribution in [2.75, 3.05) is 26.8 Å². The summed E-state index contributed by atoms with van der Waals surface area (Å²) in [7, 11) is 3.39. The van der Waals surface area contributed by atoms with Crippen molar-refractivity contribution in [2.24, 2.45) is 12.0 Å². The van der Waals surface area contributed by atoms with Crippen LogP contribution in [0.25, 0.3) is 0 Å². The number of nitrogens with one attached hydrogen (secondary N) is 2. The first-order valence-electron chi connectivity index (χ1n) is 6.83. The number of guanidine groups is 1. The normalized spacial score (nSPS) is 12.6. The fourth-order valence-electron chi connectivity index (χ4n) is 1.72. The van der Waals surface area contributed by atoms with E-state index in [1.165, 1.54) is 0 Å². The number of nitrogens with zero attached hydrogens (tertiary/aromatic N) is 2. The van der Waals surface area contributed by atoms with E-state index in [-0.39, 0.29) is 6.61 Å². The number of hydrogen-bond acceptors (Lipinski definition) is 2. The monoisotopic (exact) mass is 374 g/mol. The molecule has 132 valence electrons. The maximum atomic E-state index is 11.9. The summed E-state index contributed by atoms with van der Waals surface area (Å²) in [6.07, 6.45) is -3.86. The van der Waals surface area contributed by atoms with Crippen LogP contribution in [0.2, 0.25) is 10.2 Å². The van der Waals surface area contributed by atoms with Crippen molar-refractivity contribution in [2.45, 2.75) is 19.1 Å². The lowest BCUT2D eigenvalue weighted by Crippen LogP contribution is -2.38. The molecule has 0 bridgehead atoms. The Morgan fingerprint density at radius 3 is 2.57 bits per heavy atom. The smallest absolute Gasteiger partial charge is 0.372 e. The molecular formula is C13H19Cl2F3N4O. The zero-order valence-electron chi connectivity index (χ0n) is 12.8. The molecule has 0 aliphatic heterocycles. The summed E-state index contributed by atoms with van der Waals surface area (Å²) in [5.74, 6) is 0.522. The van der Waals surface area contributed by atoms with Gasteiger partial charge in [-0.15, -0.1) is 0 Å². The van der Waals surface area contributed by atoms with Gasteiger partial charge in [-0.1, -0.05) is 23.2 Å². The maximum Gasteiger partial charge on any atom is 0.411 e. The van der Waals surface area contributed by atoms with Gasteiger partial charge in [0.1, 0.15) is 11.8 Å². The van der Waals surface area contributed by atoms with Gasteiger partial charge in [0.15, 0.2) is 5.96 Å². The predicted molar refractivity (Wildman–Crippen MR) is 85.1 cm³/mol. The van der Waals surface area contributed by atoms with Crippen LogP contribution in [0, 0.1) is 0 Å². The molecule has 1 rings (SSSR count). The number of aromatic nitrogens is 1. The second-order valence-electron chi connectivity index (χ2n) is 4.71. The number of hydrogen-bond donors (Lipinski definition) is 2. The minimum Gasteiger partial charge on any atom is -0.372 e. The van der Waals surface area contributed by atoms with Gasteiger partial charge in [0.2, 0.25) is 0 Å². The van der Waals surface area contributed by atoms with Crippen LogP contribution in [0.5, 0.6) is 0 Å². The van der Waals surface area contributed by atoms with Crippen LogP contribution in [0.1, 0.15) is 12.1 Å². The maximum absolute atomic E-state index is 11.9. The fourth-order valence-corrected chi connectivity index (χ4v) is 2.14. The molecule has 1 aromatic rings. The van der Waals surface area contributed by atoms with Gasteiger partial charge in [-0.2, -0.15) is 13.2 Å². The Bertz CT molecular complexity index is 532. The van der Waals surface area contributed by atoms with Crippen molar-refractivity contribution in [3.63, 3.8) is 0 Å². The summed E-state index contributed by atoms with van der Waals surface area (Å²) < 4.78 is 41.9. The molecule has 23 heavy (non-hydrogen) atoms. The van der Waals surface area contributed by atoms with Crippen LogP contribution in [0.15, 0.2) is 11.1 Å². The first-order chi connectivity index (χ1) is 10.7. The first-order valence-corrected chi connectivity index (χ1v) is 7.59. The van der Waals surface area contributed by atoms with E-state index < -0.39 is 12.8 Å². The van der Waals surface area contributed by atoms with Crippen molar-refractivity contribution in [3.05, 3.63) is 21.9 Å². The molecular weight excluding hydrogens is 356 g/mol. The molecule has 5 nitrogen and oxygen atoms in total. The molecule has 0 radical (unpaired) electrons. The van der Waals surface area contributed by atoms with Crippen LogP contribution in [-0.4, -0.2) is 43.5 Å². The van der Waals surface area contributed by atoms with Gasteiger partial charge in [0.25, 0.3) is 0 Å². The molecule has 0 saturated carbocycles. The molecule has 0 aliphatic rings. The third-order valence-corrected chi connectivity index (χ3v) is 3.74. The van der Waals surface area contributed by atoms with E-state index in [4.69, 9.17) is 23.2 Å². The standard InChI is InChI=1S/C13H19Cl2F3N4O/c1-19-12(20-4-3-5-23-8-13(16,17)18)21-7-9-6-10(14)11(15)22(9)2/h6H,3-5,7-8H2,1-2H3,(H2,19,20,21). The van der Waals surface area contributed by atoms with E-state index in [9.17, 15) is 13.2 Å². The Hall–Kier alpha value is -1.12. The van der Waals surface area contributed by atoms with Gasteiger partial charge in [-0.25, -0.2) is 0 Å². The zero-order valence-corrected chi connectivity index (χ0v) is 14.3. The Balaban J connectivity index is 2.26. The third-order valence-electron chi connectivity index (χ3n) is 2.90. The Kier molecular flexibility index (Phi) is 8.01. The highest BCUT2D eigenvalue weighted by atomic mass is 35.5. The molecule has 0 spiro atoms. The molecule has 0 aromatic carbocycles. The van der Waals surface area contributed by atoms with E-state index in [2.05, 4.69) is 20.4 Å². The first kappa shape index (κ1) is 19.9. The van der Waals surface area contributed by atoms with Crippen LogP contribution < -0.4 is 10.6 Å². The van der Waals surface area contributed by atoms with E-state index in [1.54, 1.807) is 24.7 Å². The summed E-state index contributed by atoms with van der Waals surface area (Å²) in [5.41, 5.74) is 0.872. The Morgan fingerprint density at radius 1 is 1.35 bits per heavy atom. The van der Waals surface area contributed by atoms with Gasteiger partial charge in [-0.3, -0.25) is 4.99 Å². The van der Waals surface area contributed by atoms with Crippen molar-refractivity contribution in [1.82, 2.24) is 15.2 Å². The van der Waals surface area contributed by atoms with Gasteiger partial charge >= 0.3 is 6.18 Å². The number of alkyl halides is 3. The van der Waals surface area contributed by atoms with E-state index in [1.807, 2.05) is 0 Å². The molecule has 0 saturated heterocycles. The SMILES string of the molecule is CN=C(NCCCOCC(F)(F)F)NCc1cc(Cl)c(Cl)n1C. The fraction of sp³-hybridized carbons (Fsp3) is 0.615. The minimum atomic E-state index is -4.29. The average Bonchev–Trinajstić information content (AvgIpc) is 2.72. The Labute approximate surface area is 142 Å². The third kappa shape index (κ3) is 7.32. The molecule has 1 aromatic heterocycles. The quantitative estimate of drug-likeness (QED) is 0.438. The largest absolute Gasteiger partial charge is 0.411 e. The highest BCUT2D eigenvalue weighted by Crippen LogP contribution is 2.24. The van der Waals surface area contributed by atoms with Gasteiger partial charge < -0.3 is 19.9 Å². The van der Waals surface area contributed by atoms with Crippen LogP contribution in [0.3, 0.4) is 0 Å². The lowest BCUT2D eigenvalue weighted by atomic mass is 10.4. The molecule has 10 heteroatoms. The Morgan fingerprint density at radius 2 is 2.04 bits per heavy atom. The van der Waals surface area contributed by atoms with Crippen LogP contribution in [-0.2, 0) is 18.3 Å². The van der Waals surface area contributed by atoms with Gasteiger partial charge in [-0.05, 0) is 12.5 Å². The van der Waals surface area contributed by atoms with Gasteiger partial charge in [0.05, 0.1) is 11.6 Å². The molecule has 0 aliphatic carbocycles. The molecule has 0 unspecified atom stereocenters. The van der Waals surface area contributed by atoms with Crippen molar-refractivity contribution >= 4 is 29.2 Å². The summed E-state index contributed by atoms with van der Waals surface area (Å²) in [6.45, 7) is -0.319. The van der Waals surface area contributed by atoms with E-state index >= 15 is 0 Å². The summed E-state index contributed by atoms with van der Waals surface area (Å²) >= 11 is 11.9. The number of halogens is 5. The molecule has 2 N–H and O–H groups in total. The molecule has 0 atom stereocenters. The molecule has 1 heterocycles. The average molecular weight is 375 g/mol. The highest BCUT2D eigenvalue weighted by Gasteiger charge is 2.27. The second-order valence-corrected chi connectivity index (χ2v) is 5.47. The van der Waals surface area contributed by atoms with Crippen LogP contribution >= 0.6 is 23.2 Å². The number of rotatable bonds is 7. The molecule has 0 amide bonds. The zero-order chi connectivity index (χ0) is 17.5. The number of ether oxygens (including phenoxy) is 1. The topological polar surface area (TPSA) is 50.6 Å². The minimum absolute atomic E-state index is 0.0204. The summed E-state index contributed by atoms with van der Waals surface area (Å²) in [6, 6.07) is 1.75. The second kappa shape index (κ2) is 9.24. The number of aliphatic imine (C=N–C) groups is 1. The summed E-state index contributed by atoms with van der Waals surface area (Å²) in [4.78, 5) is 4.02. The van der Waals surface area contributed by atoms with Gasteiger partial charge in [0, 0.05) is 32.9 Å². The molecule has 0 fully saturated rings. The highest BCUT2D eigenvalue weighted by molar-refractivity contribution is 6.41. The van der Waals surface area contributed by atoms with Crippen LogP contribution in [0.4, 0.5) is 13.2 Å². The van der Waals surface area contributed by atoms with E-state index in [0.29, 0.717) is 35.6 Å². The van der Waals surface area contributed by atoms with Crippen molar-refractivity contribution in [3.8, 4) is 0 Å². The summed E-state index contributed by atoms with van der Waals surface area (Å²) in [5, 5.41) is 6.96. The lowest BCUT2D eigenvalue weighted by molar-refractivity contribution is -0.173.